The van der Waals surface area contributed by atoms with Crippen LogP contribution < -0.4 is 5.32 Å². The topological polar surface area (TPSA) is 12.0 Å². The Hall–Kier alpha value is 0.310. The molecule has 84 valence electrons. The maximum atomic E-state index is 4.80. The highest BCUT2D eigenvalue weighted by atomic mass is 32.1. The van der Waals surface area contributed by atoms with Crippen molar-refractivity contribution in [2.45, 2.75) is 76.1 Å². The van der Waals surface area contributed by atoms with Crippen LogP contribution in [0.2, 0.25) is 0 Å². The van der Waals surface area contributed by atoms with E-state index in [9.17, 15) is 0 Å². The van der Waals surface area contributed by atoms with Crippen molar-refractivity contribution in [3.8, 4) is 0 Å². The molecule has 1 nitrogen and oxygen atoms in total. The molecule has 0 aromatic rings. The average Bonchev–Trinajstić information content (AvgIpc) is 2.20. The minimum Gasteiger partial charge on any atom is -0.300 e. The van der Waals surface area contributed by atoms with Crippen LogP contribution in [0.15, 0.2) is 0 Å². The second kappa shape index (κ2) is 6.02. The summed E-state index contributed by atoms with van der Waals surface area (Å²) in [6.07, 6.45) is 10.5. The third-order valence-corrected chi connectivity index (χ3v) is 4.00. The lowest BCUT2D eigenvalue weighted by Gasteiger charge is -2.35. The second-order valence-electron chi connectivity index (χ2n) is 4.61. The number of thiol groups is 1. The molecule has 0 heterocycles. The molecule has 14 heavy (non-hydrogen) atoms. The van der Waals surface area contributed by atoms with Crippen LogP contribution in [0.3, 0.4) is 0 Å². The molecule has 1 unspecified atom stereocenters. The van der Waals surface area contributed by atoms with Crippen LogP contribution in [0.25, 0.3) is 0 Å². The summed E-state index contributed by atoms with van der Waals surface area (Å²) in [5.74, 6) is 0. The monoisotopic (exact) mass is 215 g/mol. The van der Waals surface area contributed by atoms with Crippen molar-refractivity contribution in [2.75, 3.05) is 0 Å². The zero-order valence-corrected chi connectivity index (χ0v) is 10.6. The van der Waals surface area contributed by atoms with Gasteiger partial charge in [0.25, 0.3) is 0 Å². The maximum absolute atomic E-state index is 4.80. The minimum atomic E-state index is 0.0940. The highest BCUT2D eigenvalue weighted by molar-refractivity contribution is 7.81. The Balaban J connectivity index is 2.37. The van der Waals surface area contributed by atoms with E-state index in [0.717, 1.165) is 12.5 Å². The van der Waals surface area contributed by atoms with E-state index >= 15 is 0 Å². The molecule has 1 rings (SSSR count). The molecule has 0 saturated heterocycles. The zero-order chi connectivity index (χ0) is 10.4. The van der Waals surface area contributed by atoms with E-state index in [2.05, 4.69) is 19.2 Å². The third kappa shape index (κ3) is 3.82. The predicted octanol–water partition coefficient (Wildman–Crippen LogP) is 3.74. The fourth-order valence-corrected chi connectivity index (χ4v) is 2.80. The summed E-state index contributed by atoms with van der Waals surface area (Å²) in [5.41, 5.74) is 0. The molecular formula is C12H25NS. The molecule has 0 aromatic carbocycles. The molecule has 0 spiro atoms. The van der Waals surface area contributed by atoms with Crippen LogP contribution in [-0.2, 0) is 0 Å². The van der Waals surface area contributed by atoms with Gasteiger partial charge in [-0.3, -0.25) is 0 Å². The first-order valence-corrected chi connectivity index (χ1v) is 6.65. The molecule has 0 amide bonds. The lowest BCUT2D eigenvalue weighted by atomic mass is 9.94. The van der Waals surface area contributed by atoms with Gasteiger partial charge >= 0.3 is 0 Å². The van der Waals surface area contributed by atoms with Crippen molar-refractivity contribution in [3.05, 3.63) is 0 Å². The average molecular weight is 215 g/mol. The normalized spacial score (nSPS) is 23.4. The molecule has 1 aliphatic carbocycles. The lowest BCUT2D eigenvalue weighted by molar-refractivity contribution is 0.302. The van der Waals surface area contributed by atoms with Crippen LogP contribution >= 0.6 is 12.6 Å². The van der Waals surface area contributed by atoms with E-state index < -0.39 is 0 Å². The van der Waals surface area contributed by atoms with E-state index in [1.165, 1.54) is 44.9 Å². The number of nitrogens with one attached hydrogen (secondary N) is 1. The lowest BCUT2D eigenvalue weighted by Crippen LogP contribution is -2.46. The van der Waals surface area contributed by atoms with Crippen molar-refractivity contribution >= 4 is 12.6 Å². The van der Waals surface area contributed by atoms with E-state index in [1.54, 1.807) is 0 Å². The molecule has 1 atom stereocenters. The van der Waals surface area contributed by atoms with Gasteiger partial charge in [0.2, 0.25) is 0 Å². The summed E-state index contributed by atoms with van der Waals surface area (Å²) in [4.78, 5) is 0.0940. The Morgan fingerprint density at radius 3 is 2.36 bits per heavy atom. The van der Waals surface area contributed by atoms with Crippen LogP contribution in [0.5, 0.6) is 0 Å². The quantitative estimate of drug-likeness (QED) is 0.526. The van der Waals surface area contributed by atoms with Crippen molar-refractivity contribution < 1.29 is 0 Å². The molecular weight excluding hydrogens is 190 g/mol. The van der Waals surface area contributed by atoms with Gasteiger partial charge in [-0.15, -0.1) is 0 Å². The zero-order valence-electron chi connectivity index (χ0n) is 9.68. The molecule has 0 aliphatic heterocycles. The molecule has 1 saturated carbocycles. The largest absolute Gasteiger partial charge is 0.300 e. The third-order valence-electron chi connectivity index (χ3n) is 3.33. The van der Waals surface area contributed by atoms with Crippen LogP contribution in [0, 0.1) is 0 Å². The van der Waals surface area contributed by atoms with E-state index in [0.29, 0.717) is 0 Å². The van der Waals surface area contributed by atoms with Gasteiger partial charge in [0.1, 0.15) is 0 Å². The van der Waals surface area contributed by atoms with Crippen molar-refractivity contribution in [2.24, 2.45) is 0 Å². The molecule has 1 aliphatic rings. The van der Waals surface area contributed by atoms with E-state index in [-0.39, 0.29) is 4.87 Å². The van der Waals surface area contributed by atoms with Gasteiger partial charge < -0.3 is 5.32 Å². The molecule has 1 fully saturated rings. The van der Waals surface area contributed by atoms with Crippen molar-refractivity contribution in [1.29, 1.82) is 0 Å². The Bertz CT molecular complexity index is 154. The van der Waals surface area contributed by atoms with Gasteiger partial charge in [0.05, 0.1) is 4.87 Å². The SMILES string of the molecule is CCCC(S)(CC)NC1CCCCC1. The molecule has 0 aromatic heterocycles. The number of rotatable bonds is 5. The van der Waals surface area contributed by atoms with Crippen molar-refractivity contribution in [3.63, 3.8) is 0 Å². The van der Waals surface area contributed by atoms with Gasteiger partial charge in [-0.2, -0.15) is 12.6 Å². The predicted molar refractivity (Wildman–Crippen MR) is 66.9 cm³/mol. The standard InChI is InChI=1S/C12H25NS/c1-3-10-12(14,4-2)13-11-8-6-5-7-9-11/h11,13-14H,3-10H2,1-2H3. The van der Waals surface area contributed by atoms with Gasteiger partial charge in [0, 0.05) is 6.04 Å². The summed E-state index contributed by atoms with van der Waals surface area (Å²) in [5, 5.41) is 3.75. The summed E-state index contributed by atoms with van der Waals surface area (Å²) >= 11 is 4.80. The first kappa shape index (κ1) is 12.4. The van der Waals surface area contributed by atoms with Gasteiger partial charge in [-0.1, -0.05) is 39.5 Å². The Morgan fingerprint density at radius 1 is 1.21 bits per heavy atom. The van der Waals surface area contributed by atoms with Gasteiger partial charge in [0.15, 0.2) is 0 Å². The van der Waals surface area contributed by atoms with Crippen molar-refractivity contribution in [1.82, 2.24) is 5.32 Å². The van der Waals surface area contributed by atoms with E-state index in [1.807, 2.05) is 0 Å². The van der Waals surface area contributed by atoms with Gasteiger partial charge in [-0.25, -0.2) is 0 Å². The summed E-state index contributed by atoms with van der Waals surface area (Å²) in [6, 6.07) is 0.729. The first-order chi connectivity index (χ1) is 6.70. The van der Waals surface area contributed by atoms with Crippen LogP contribution in [0.4, 0.5) is 0 Å². The molecule has 1 N–H and O–H groups in total. The summed E-state index contributed by atoms with van der Waals surface area (Å²) in [7, 11) is 0. The molecule has 0 radical (unpaired) electrons. The number of hydrogen-bond acceptors (Lipinski definition) is 2. The maximum Gasteiger partial charge on any atom is 0.0614 e. The molecule has 0 bridgehead atoms. The minimum absolute atomic E-state index is 0.0940. The fraction of sp³-hybridized carbons (Fsp3) is 1.00. The number of hydrogen-bond donors (Lipinski definition) is 2. The van der Waals surface area contributed by atoms with E-state index in [4.69, 9.17) is 12.6 Å². The first-order valence-electron chi connectivity index (χ1n) is 6.20. The smallest absolute Gasteiger partial charge is 0.0614 e. The Labute approximate surface area is 94.5 Å². The fourth-order valence-electron chi connectivity index (χ4n) is 2.39. The molecule has 2 heteroatoms. The highest BCUT2D eigenvalue weighted by Gasteiger charge is 2.26. The Morgan fingerprint density at radius 2 is 1.86 bits per heavy atom. The summed E-state index contributed by atoms with van der Waals surface area (Å²) in [6.45, 7) is 4.47. The highest BCUT2D eigenvalue weighted by Crippen LogP contribution is 2.26. The second-order valence-corrected chi connectivity index (χ2v) is 5.47. The van der Waals surface area contributed by atoms with Crippen LogP contribution in [-0.4, -0.2) is 10.9 Å². The Kier molecular flexibility index (Phi) is 5.32. The van der Waals surface area contributed by atoms with Crippen LogP contribution in [0.1, 0.15) is 65.2 Å². The van der Waals surface area contributed by atoms with Gasteiger partial charge in [-0.05, 0) is 25.7 Å². The summed E-state index contributed by atoms with van der Waals surface area (Å²) < 4.78 is 0.